The first kappa shape index (κ1) is 15.4. The molecule has 0 nitrogen and oxygen atoms in total. The zero-order chi connectivity index (χ0) is 12.9. The summed E-state index contributed by atoms with van der Waals surface area (Å²) >= 11 is 0. The summed E-state index contributed by atoms with van der Waals surface area (Å²) in [4.78, 5) is 0. The van der Waals surface area contributed by atoms with Gasteiger partial charge in [0.05, 0.1) is 0 Å². The molecule has 0 bridgehead atoms. The standard InChI is InChI=1S/C17H24/c1-16(2)14-12-10-8-6-5-7-9-11-13-15-17(3)4/h5-12,14-15H,13H2,1-4H3. The molecule has 17 heavy (non-hydrogen) atoms. The fraction of sp³-hybridized carbons (Fsp3) is 0.294. The maximum absolute atomic E-state index is 2.21. The van der Waals surface area contributed by atoms with E-state index in [-0.39, 0.29) is 0 Å². The van der Waals surface area contributed by atoms with Gasteiger partial charge in [0.15, 0.2) is 0 Å². The van der Waals surface area contributed by atoms with Crippen LogP contribution in [0, 0.1) is 0 Å². The molecule has 0 heteroatoms. The summed E-state index contributed by atoms with van der Waals surface area (Å²) in [6.07, 6.45) is 21.7. The van der Waals surface area contributed by atoms with Crippen molar-refractivity contribution in [1.82, 2.24) is 0 Å². The number of rotatable bonds is 6. The number of hydrogen-bond acceptors (Lipinski definition) is 0. The monoisotopic (exact) mass is 228 g/mol. The highest BCUT2D eigenvalue weighted by Gasteiger charge is 1.73. The molecule has 0 atom stereocenters. The summed E-state index contributed by atoms with van der Waals surface area (Å²) in [6.45, 7) is 8.41. The van der Waals surface area contributed by atoms with Crippen LogP contribution in [0.1, 0.15) is 34.1 Å². The molecule has 0 saturated heterocycles. The lowest BCUT2D eigenvalue weighted by Gasteiger charge is -1.84. The van der Waals surface area contributed by atoms with Gasteiger partial charge in [-0.2, -0.15) is 0 Å². The summed E-state index contributed by atoms with van der Waals surface area (Å²) in [5.74, 6) is 0. The minimum atomic E-state index is 1.01. The predicted molar refractivity (Wildman–Crippen MR) is 80.0 cm³/mol. The molecule has 0 spiro atoms. The fourth-order valence-corrected chi connectivity index (χ4v) is 1.03. The van der Waals surface area contributed by atoms with E-state index in [1.807, 2.05) is 36.5 Å². The van der Waals surface area contributed by atoms with Crippen molar-refractivity contribution in [2.45, 2.75) is 34.1 Å². The average Bonchev–Trinajstić information content (AvgIpc) is 2.25. The quantitative estimate of drug-likeness (QED) is 0.414. The smallest absolute Gasteiger partial charge is 0.0164 e. The summed E-state index contributed by atoms with van der Waals surface area (Å²) in [5, 5.41) is 0. The van der Waals surface area contributed by atoms with Crippen LogP contribution < -0.4 is 0 Å². The lowest BCUT2D eigenvalue weighted by molar-refractivity contribution is 1.28. The third-order valence-corrected chi connectivity index (χ3v) is 1.89. The number of hydrogen-bond donors (Lipinski definition) is 0. The van der Waals surface area contributed by atoms with E-state index in [9.17, 15) is 0 Å². The van der Waals surface area contributed by atoms with Crippen molar-refractivity contribution in [3.8, 4) is 0 Å². The van der Waals surface area contributed by atoms with Gasteiger partial charge in [-0.1, -0.05) is 71.9 Å². The Kier molecular flexibility index (Phi) is 9.94. The second kappa shape index (κ2) is 10.9. The van der Waals surface area contributed by atoms with Gasteiger partial charge in [-0.05, 0) is 34.1 Å². The van der Waals surface area contributed by atoms with Gasteiger partial charge >= 0.3 is 0 Å². The SMILES string of the molecule is CC(C)=CC=CC=CC=CC=CCC=C(C)C. The molecule has 0 fully saturated rings. The van der Waals surface area contributed by atoms with Crippen molar-refractivity contribution in [2.24, 2.45) is 0 Å². The average molecular weight is 228 g/mol. The van der Waals surface area contributed by atoms with Crippen LogP contribution in [0.15, 0.2) is 71.9 Å². The van der Waals surface area contributed by atoms with Gasteiger partial charge in [0, 0.05) is 0 Å². The third-order valence-electron chi connectivity index (χ3n) is 1.89. The molecule has 92 valence electrons. The molecule has 0 amide bonds. The van der Waals surface area contributed by atoms with Crippen LogP contribution in [0.3, 0.4) is 0 Å². The van der Waals surface area contributed by atoms with E-state index < -0.39 is 0 Å². The molecule has 0 aromatic rings. The maximum atomic E-state index is 2.21. The van der Waals surface area contributed by atoms with Crippen LogP contribution in [0.4, 0.5) is 0 Å². The van der Waals surface area contributed by atoms with E-state index >= 15 is 0 Å². The lowest BCUT2D eigenvalue weighted by atomic mass is 10.2. The first-order valence-electron chi connectivity index (χ1n) is 6.06. The Bertz CT molecular complexity index is 349. The highest BCUT2D eigenvalue weighted by Crippen LogP contribution is 1.94. The summed E-state index contributed by atoms with van der Waals surface area (Å²) in [5.41, 5.74) is 2.68. The lowest BCUT2D eigenvalue weighted by Crippen LogP contribution is -1.62. The Morgan fingerprint density at radius 2 is 1.18 bits per heavy atom. The molecule has 0 rings (SSSR count). The second-order valence-electron chi connectivity index (χ2n) is 4.34. The van der Waals surface area contributed by atoms with Crippen LogP contribution in [0.5, 0.6) is 0 Å². The van der Waals surface area contributed by atoms with Gasteiger partial charge in [-0.3, -0.25) is 0 Å². The zero-order valence-electron chi connectivity index (χ0n) is 11.5. The van der Waals surface area contributed by atoms with Gasteiger partial charge in [-0.25, -0.2) is 0 Å². The van der Waals surface area contributed by atoms with E-state index in [0.29, 0.717) is 0 Å². The van der Waals surface area contributed by atoms with E-state index in [1.54, 1.807) is 0 Å². The van der Waals surface area contributed by atoms with Crippen molar-refractivity contribution in [3.05, 3.63) is 71.9 Å². The van der Waals surface area contributed by atoms with Crippen LogP contribution in [0.25, 0.3) is 0 Å². The second-order valence-corrected chi connectivity index (χ2v) is 4.34. The third kappa shape index (κ3) is 14.4. The van der Waals surface area contributed by atoms with Crippen LogP contribution in [-0.4, -0.2) is 0 Å². The Morgan fingerprint density at radius 1 is 0.647 bits per heavy atom. The van der Waals surface area contributed by atoms with Crippen molar-refractivity contribution < 1.29 is 0 Å². The molecule has 0 aromatic heterocycles. The van der Waals surface area contributed by atoms with Gasteiger partial charge < -0.3 is 0 Å². The van der Waals surface area contributed by atoms with Crippen molar-refractivity contribution in [3.63, 3.8) is 0 Å². The van der Waals surface area contributed by atoms with E-state index in [1.165, 1.54) is 11.1 Å². The maximum Gasteiger partial charge on any atom is -0.0164 e. The topological polar surface area (TPSA) is 0 Å². The van der Waals surface area contributed by atoms with Gasteiger partial charge in [0.1, 0.15) is 0 Å². The van der Waals surface area contributed by atoms with E-state index in [2.05, 4.69) is 52.0 Å². The van der Waals surface area contributed by atoms with Crippen molar-refractivity contribution in [1.29, 1.82) is 0 Å². The molecule has 0 unspecified atom stereocenters. The summed E-state index contributed by atoms with van der Waals surface area (Å²) < 4.78 is 0. The first-order chi connectivity index (χ1) is 8.13. The minimum Gasteiger partial charge on any atom is -0.0821 e. The van der Waals surface area contributed by atoms with Gasteiger partial charge in [0.25, 0.3) is 0 Å². The van der Waals surface area contributed by atoms with Crippen LogP contribution in [-0.2, 0) is 0 Å². The molecule has 0 aliphatic rings. The molecule has 0 aliphatic heterocycles. The summed E-state index contributed by atoms with van der Waals surface area (Å²) in [6, 6.07) is 0. The largest absolute Gasteiger partial charge is 0.0821 e. The minimum absolute atomic E-state index is 1.01. The number of allylic oxidation sites excluding steroid dienone is 12. The first-order valence-corrected chi connectivity index (χ1v) is 6.06. The molecule has 0 N–H and O–H groups in total. The Labute approximate surface area is 106 Å². The molecule has 0 radical (unpaired) electrons. The predicted octanol–water partition coefficient (Wildman–Crippen LogP) is 5.53. The zero-order valence-corrected chi connectivity index (χ0v) is 11.5. The Hall–Kier alpha value is -1.56. The molecular formula is C17H24. The molecule has 0 aromatic carbocycles. The van der Waals surface area contributed by atoms with Crippen molar-refractivity contribution in [2.75, 3.05) is 0 Å². The van der Waals surface area contributed by atoms with Crippen LogP contribution in [0.2, 0.25) is 0 Å². The van der Waals surface area contributed by atoms with E-state index in [4.69, 9.17) is 0 Å². The highest BCUT2D eigenvalue weighted by atomic mass is 13.8. The van der Waals surface area contributed by atoms with E-state index in [0.717, 1.165) is 6.42 Å². The highest BCUT2D eigenvalue weighted by molar-refractivity contribution is 5.19. The molecular weight excluding hydrogens is 204 g/mol. The van der Waals surface area contributed by atoms with Gasteiger partial charge in [0.2, 0.25) is 0 Å². The fourth-order valence-electron chi connectivity index (χ4n) is 1.03. The normalized spacial score (nSPS) is 12.0. The molecule has 0 heterocycles. The Balaban J connectivity index is 3.81. The Morgan fingerprint density at radius 3 is 1.71 bits per heavy atom. The van der Waals surface area contributed by atoms with Crippen LogP contribution >= 0.6 is 0 Å². The summed E-state index contributed by atoms with van der Waals surface area (Å²) in [7, 11) is 0. The molecule has 0 saturated carbocycles. The molecule has 0 aliphatic carbocycles. The van der Waals surface area contributed by atoms with Gasteiger partial charge in [-0.15, -0.1) is 0 Å². The van der Waals surface area contributed by atoms with Crippen molar-refractivity contribution >= 4 is 0 Å².